The summed E-state index contributed by atoms with van der Waals surface area (Å²) in [6.45, 7) is 6.71. The Morgan fingerprint density at radius 1 is 1.33 bits per heavy atom. The molecule has 0 heterocycles. The summed E-state index contributed by atoms with van der Waals surface area (Å²) in [7, 11) is -2.65. The molecule has 0 saturated carbocycles. The first-order chi connectivity index (χ1) is 9.49. The van der Waals surface area contributed by atoms with Crippen LogP contribution < -0.4 is 9.46 Å². The highest BCUT2D eigenvalue weighted by Crippen LogP contribution is 2.27. The van der Waals surface area contributed by atoms with E-state index in [2.05, 4.69) is 4.72 Å². The van der Waals surface area contributed by atoms with E-state index in [-0.39, 0.29) is 10.6 Å². The second-order valence-electron chi connectivity index (χ2n) is 5.91. The number of carboxylic acids is 1. The van der Waals surface area contributed by atoms with Crippen molar-refractivity contribution >= 4 is 16.0 Å². The Hall–Kier alpha value is -1.60. The van der Waals surface area contributed by atoms with Gasteiger partial charge in [0.15, 0.2) is 0 Å². The Morgan fingerprint density at radius 3 is 2.33 bits per heavy atom. The van der Waals surface area contributed by atoms with Gasteiger partial charge in [-0.15, -0.1) is 0 Å². The van der Waals surface area contributed by atoms with Gasteiger partial charge in [0.25, 0.3) is 0 Å². The molecule has 1 atom stereocenters. The highest BCUT2D eigenvalue weighted by Gasteiger charge is 2.36. The number of aryl methyl sites for hydroxylation is 1. The Balaban J connectivity index is 3.29. The summed E-state index contributed by atoms with van der Waals surface area (Å²) in [4.78, 5) is 11.2. The van der Waals surface area contributed by atoms with Crippen molar-refractivity contribution in [3.8, 4) is 5.75 Å². The largest absolute Gasteiger partial charge is 0.495 e. The van der Waals surface area contributed by atoms with Crippen LogP contribution in [0.4, 0.5) is 0 Å². The molecule has 0 amide bonds. The third kappa shape index (κ3) is 4.18. The number of rotatable bonds is 5. The summed E-state index contributed by atoms with van der Waals surface area (Å²) in [6.07, 6.45) is 0. The fraction of sp³-hybridized carbons (Fsp3) is 0.500. The number of methoxy groups -OCH3 is 1. The number of carbonyl (C=O) groups is 1. The van der Waals surface area contributed by atoms with Crippen molar-refractivity contribution in [1.29, 1.82) is 0 Å². The Labute approximate surface area is 125 Å². The summed E-state index contributed by atoms with van der Waals surface area (Å²) in [5.41, 5.74) is -0.0329. The molecule has 1 aromatic carbocycles. The van der Waals surface area contributed by atoms with Crippen LogP contribution in [-0.4, -0.2) is 32.6 Å². The first kappa shape index (κ1) is 17.5. The van der Waals surface area contributed by atoms with E-state index in [1.54, 1.807) is 33.8 Å². The van der Waals surface area contributed by atoms with Crippen molar-refractivity contribution in [3.05, 3.63) is 23.8 Å². The summed E-state index contributed by atoms with van der Waals surface area (Å²) < 4.78 is 32.2. The smallest absolute Gasteiger partial charge is 0.322 e. The van der Waals surface area contributed by atoms with Gasteiger partial charge in [0, 0.05) is 0 Å². The van der Waals surface area contributed by atoms with Gasteiger partial charge < -0.3 is 9.84 Å². The van der Waals surface area contributed by atoms with E-state index >= 15 is 0 Å². The van der Waals surface area contributed by atoms with Gasteiger partial charge in [0.05, 0.1) is 7.11 Å². The summed E-state index contributed by atoms with van der Waals surface area (Å²) in [5, 5.41) is 9.24. The van der Waals surface area contributed by atoms with Gasteiger partial charge in [-0.25, -0.2) is 8.42 Å². The van der Waals surface area contributed by atoms with Crippen molar-refractivity contribution in [3.63, 3.8) is 0 Å². The molecular formula is C14H21NO5S. The second kappa shape index (κ2) is 6.03. The number of nitrogens with one attached hydrogen (secondary N) is 1. The summed E-state index contributed by atoms with van der Waals surface area (Å²) in [6, 6.07) is 3.46. The molecule has 0 aliphatic heterocycles. The average Bonchev–Trinajstić information content (AvgIpc) is 2.34. The van der Waals surface area contributed by atoms with Crippen LogP contribution in [0.2, 0.25) is 0 Å². The zero-order valence-corrected chi connectivity index (χ0v) is 13.6. The molecule has 0 unspecified atom stereocenters. The van der Waals surface area contributed by atoms with Crippen LogP contribution in [0.15, 0.2) is 23.1 Å². The lowest BCUT2D eigenvalue weighted by Crippen LogP contribution is -2.49. The van der Waals surface area contributed by atoms with Gasteiger partial charge in [0.1, 0.15) is 16.7 Å². The van der Waals surface area contributed by atoms with Crippen LogP contribution in [0.5, 0.6) is 5.75 Å². The lowest BCUT2D eigenvalue weighted by molar-refractivity contribution is -0.141. The highest BCUT2D eigenvalue weighted by atomic mass is 32.2. The summed E-state index contributed by atoms with van der Waals surface area (Å²) in [5.74, 6) is -1.05. The van der Waals surface area contributed by atoms with Crippen molar-refractivity contribution in [2.75, 3.05) is 7.11 Å². The molecule has 118 valence electrons. The molecule has 0 fully saturated rings. The molecular weight excluding hydrogens is 294 g/mol. The van der Waals surface area contributed by atoms with Gasteiger partial charge in [0.2, 0.25) is 10.0 Å². The van der Waals surface area contributed by atoms with Gasteiger partial charge in [-0.1, -0.05) is 26.8 Å². The molecule has 1 aromatic rings. The van der Waals surface area contributed by atoms with Crippen LogP contribution >= 0.6 is 0 Å². The Bertz CT molecular complexity index is 631. The molecule has 0 spiro atoms. The number of sulfonamides is 1. The van der Waals surface area contributed by atoms with Crippen LogP contribution in [0.3, 0.4) is 0 Å². The van der Waals surface area contributed by atoms with Gasteiger partial charge in [-0.2, -0.15) is 4.72 Å². The molecule has 0 saturated heterocycles. The minimum Gasteiger partial charge on any atom is -0.495 e. The number of aliphatic carboxylic acids is 1. The number of ether oxygens (including phenoxy) is 1. The Kier molecular flexibility index (Phi) is 5.01. The van der Waals surface area contributed by atoms with Gasteiger partial charge in [-0.05, 0) is 30.0 Å². The van der Waals surface area contributed by atoms with Gasteiger partial charge in [-0.3, -0.25) is 4.79 Å². The fourth-order valence-corrected chi connectivity index (χ4v) is 3.46. The lowest BCUT2D eigenvalue weighted by Gasteiger charge is -2.27. The topological polar surface area (TPSA) is 92.7 Å². The predicted molar refractivity (Wildman–Crippen MR) is 78.9 cm³/mol. The standard InChI is InChI=1S/C14H21NO5S/c1-9-6-7-10(20-5)11(8-9)21(18,19)15-12(13(16)17)14(2,3)4/h6-8,12,15H,1-5H3,(H,16,17)/t12-/m1/s1. The number of hydrogen-bond acceptors (Lipinski definition) is 4. The number of benzene rings is 1. The molecule has 1 rings (SSSR count). The minimum absolute atomic E-state index is 0.0690. The molecule has 0 aromatic heterocycles. The zero-order chi connectivity index (χ0) is 16.4. The third-order valence-electron chi connectivity index (χ3n) is 2.99. The first-order valence-electron chi connectivity index (χ1n) is 6.39. The SMILES string of the molecule is COc1ccc(C)cc1S(=O)(=O)N[C@H](C(=O)O)C(C)(C)C. The number of hydrogen-bond donors (Lipinski definition) is 2. The molecule has 0 aliphatic rings. The molecule has 0 radical (unpaired) electrons. The van der Waals surface area contributed by atoms with Crippen molar-refractivity contribution in [1.82, 2.24) is 4.72 Å². The van der Waals surface area contributed by atoms with Crippen molar-refractivity contribution in [2.24, 2.45) is 5.41 Å². The lowest BCUT2D eigenvalue weighted by atomic mass is 9.88. The molecule has 7 heteroatoms. The second-order valence-corrected chi connectivity index (χ2v) is 7.60. The average molecular weight is 315 g/mol. The van der Waals surface area contributed by atoms with E-state index in [4.69, 9.17) is 4.74 Å². The molecule has 2 N–H and O–H groups in total. The van der Waals surface area contributed by atoms with E-state index in [0.29, 0.717) is 0 Å². The van der Waals surface area contributed by atoms with E-state index in [1.165, 1.54) is 19.2 Å². The maximum absolute atomic E-state index is 12.5. The quantitative estimate of drug-likeness (QED) is 0.864. The maximum Gasteiger partial charge on any atom is 0.322 e. The normalized spacial score (nSPS) is 13.8. The number of carboxylic acid groups (broad SMARTS) is 1. The van der Waals surface area contributed by atoms with Gasteiger partial charge >= 0.3 is 5.97 Å². The fourth-order valence-electron chi connectivity index (χ4n) is 1.81. The van der Waals surface area contributed by atoms with Crippen LogP contribution in [-0.2, 0) is 14.8 Å². The minimum atomic E-state index is -4.01. The third-order valence-corrected chi connectivity index (χ3v) is 4.44. The maximum atomic E-state index is 12.5. The highest BCUT2D eigenvalue weighted by molar-refractivity contribution is 7.89. The van der Waals surface area contributed by atoms with E-state index < -0.39 is 27.4 Å². The van der Waals surface area contributed by atoms with Crippen LogP contribution in [0, 0.1) is 12.3 Å². The first-order valence-corrected chi connectivity index (χ1v) is 7.87. The molecule has 21 heavy (non-hydrogen) atoms. The zero-order valence-electron chi connectivity index (χ0n) is 12.8. The molecule has 6 nitrogen and oxygen atoms in total. The van der Waals surface area contributed by atoms with E-state index in [0.717, 1.165) is 5.56 Å². The van der Waals surface area contributed by atoms with Crippen LogP contribution in [0.1, 0.15) is 26.3 Å². The Morgan fingerprint density at radius 2 is 1.90 bits per heavy atom. The van der Waals surface area contributed by atoms with Crippen molar-refractivity contribution in [2.45, 2.75) is 38.6 Å². The van der Waals surface area contributed by atoms with E-state index in [1.807, 2.05) is 0 Å². The molecule has 0 bridgehead atoms. The summed E-state index contributed by atoms with van der Waals surface area (Å²) >= 11 is 0. The molecule has 0 aliphatic carbocycles. The van der Waals surface area contributed by atoms with Crippen LogP contribution in [0.25, 0.3) is 0 Å². The monoisotopic (exact) mass is 315 g/mol. The predicted octanol–water partition coefficient (Wildman–Crippen LogP) is 1.78. The van der Waals surface area contributed by atoms with E-state index in [9.17, 15) is 18.3 Å². The van der Waals surface area contributed by atoms with Crippen molar-refractivity contribution < 1.29 is 23.1 Å².